The molecule has 2 aromatic carbocycles. The first-order valence-corrected chi connectivity index (χ1v) is 8.74. The molecule has 0 fully saturated rings. The molecule has 0 saturated heterocycles. The third-order valence-corrected chi connectivity index (χ3v) is 4.51. The van der Waals surface area contributed by atoms with Crippen molar-refractivity contribution in [3.63, 3.8) is 0 Å². The van der Waals surface area contributed by atoms with Crippen molar-refractivity contribution in [2.45, 2.75) is 24.0 Å². The van der Waals surface area contributed by atoms with Crippen molar-refractivity contribution in [2.75, 3.05) is 20.3 Å². The fourth-order valence-electron chi connectivity index (χ4n) is 2.10. The van der Waals surface area contributed by atoms with Gasteiger partial charge in [-0.25, -0.2) is 0 Å². The number of amides is 1. The fourth-order valence-corrected chi connectivity index (χ4v) is 3.00. The van der Waals surface area contributed by atoms with E-state index in [1.165, 1.54) is 11.8 Å². The van der Waals surface area contributed by atoms with Crippen molar-refractivity contribution in [1.82, 2.24) is 5.32 Å². The monoisotopic (exact) mass is 345 g/mol. The summed E-state index contributed by atoms with van der Waals surface area (Å²) in [6.45, 7) is 4.85. The van der Waals surface area contributed by atoms with Crippen molar-refractivity contribution in [3.8, 4) is 11.5 Å². The third-order valence-electron chi connectivity index (χ3n) is 3.40. The summed E-state index contributed by atoms with van der Waals surface area (Å²) in [4.78, 5) is 13.2. The lowest BCUT2D eigenvalue weighted by Gasteiger charge is -2.13. The Labute approximate surface area is 147 Å². The van der Waals surface area contributed by atoms with Gasteiger partial charge in [-0.2, -0.15) is 0 Å². The van der Waals surface area contributed by atoms with E-state index in [9.17, 15) is 4.79 Å². The number of benzene rings is 2. The molecule has 0 aliphatic rings. The van der Waals surface area contributed by atoms with Gasteiger partial charge in [0, 0.05) is 4.90 Å². The van der Waals surface area contributed by atoms with Crippen LogP contribution in [0.25, 0.3) is 0 Å². The molecule has 1 atom stereocenters. The van der Waals surface area contributed by atoms with Gasteiger partial charge in [0.15, 0.2) is 0 Å². The summed E-state index contributed by atoms with van der Waals surface area (Å²) >= 11 is 1.52. The number of aryl methyl sites for hydroxylation is 1. The van der Waals surface area contributed by atoms with E-state index in [-0.39, 0.29) is 11.2 Å². The van der Waals surface area contributed by atoms with Crippen LogP contribution in [-0.2, 0) is 4.79 Å². The van der Waals surface area contributed by atoms with Gasteiger partial charge in [0.2, 0.25) is 5.91 Å². The second-order valence-electron chi connectivity index (χ2n) is 5.39. The van der Waals surface area contributed by atoms with E-state index in [1.54, 1.807) is 7.11 Å². The Morgan fingerprint density at radius 3 is 2.58 bits per heavy atom. The van der Waals surface area contributed by atoms with Crippen LogP contribution in [0.2, 0.25) is 0 Å². The van der Waals surface area contributed by atoms with Gasteiger partial charge in [-0.1, -0.05) is 12.1 Å². The average Bonchev–Trinajstić information content (AvgIpc) is 2.59. The molecule has 0 aromatic heterocycles. The molecule has 0 bridgehead atoms. The molecule has 4 nitrogen and oxygen atoms in total. The van der Waals surface area contributed by atoms with Crippen LogP contribution in [0.5, 0.6) is 11.5 Å². The highest BCUT2D eigenvalue weighted by Gasteiger charge is 2.13. The van der Waals surface area contributed by atoms with Crippen LogP contribution in [0.4, 0.5) is 0 Å². The van der Waals surface area contributed by atoms with Gasteiger partial charge >= 0.3 is 0 Å². The highest BCUT2D eigenvalue weighted by Crippen LogP contribution is 2.25. The van der Waals surface area contributed by atoms with E-state index in [0.717, 1.165) is 22.0 Å². The molecule has 2 rings (SSSR count). The molecule has 24 heavy (non-hydrogen) atoms. The van der Waals surface area contributed by atoms with Crippen molar-refractivity contribution in [2.24, 2.45) is 0 Å². The Kier molecular flexibility index (Phi) is 7.00. The zero-order chi connectivity index (χ0) is 17.4. The predicted octanol–water partition coefficient (Wildman–Crippen LogP) is 3.68. The second-order valence-corrected chi connectivity index (χ2v) is 6.81. The SMILES string of the molecule is COc1ccc(S[C@H](C)C(=O)NCCOc2cccc(C)c2)cc1. The molecular formula is C19H23NO3S. The van der Waals surface area contributed by atoms with Crippen LogP contribution >= 0.6 is 11.8 Å². The largest absolute Gasteiger partial charge is 0.497 e. The molecule has 1 N–H and O–H groups in total. The molecule has 0 aliphatic carbocycles. The molecule has 128 valence electrons. The first-order chi connectivity index (χ1) is 11.6. The van der Waals surface area contributed by atoms with Gasteiger partial charge in [-0.15, -0.1) is 11.8 Å². The summed E-state index contributed by atoms with van der Waals surface area (Å²) in [6, 6.07) is 15.6. The maximum Gasteiger partial charge on any atom is 0.233 e. The third kappa shape index (κ3) is 5.81. The maximum atomic E-state index is 12.1. The van der Waals surface area contributed by atoms with Crippen molar-refractivity contribution < 1.29 is 14.3 Å². The summed E-state index contributed by atoms with van der Waals surface area (Å²) in [5.74, 6) is 1.64. The van der Waals surface area contributed by atoms with Gasteiger partial charge in [0.05, 0.1) is 18.9 Å². The topological polar surface area (TPSA) is 47.6 Å². The van der Waals surface area contributed by atoms with E-state index in [1.807, 2.05) is 62.4 Å². The summed E-state index contributed by atoms with van der Waals surface area (Å²) in [7, 11) is 1.64. The Hall–Kier alpha value is -2.14. The molecule has 0 radical (unpaired) electrons. The van der Waals surface area contributed by atoms with E-state index >= 15 is 0 Å². The first kappa shape index (κ1) is 18.2. The Balaban J connectivity index is 1.71. The minimum atomic E-state index is -0.169. The van der Waals surface area contributed by atoms with Gasteiger partial charge in [0.25, 0.3) is 0 Å². The summed E-state index contributed by atoms with van der Waals surface area (Å²) in [5.41, 5.74) is 1.15. The summed E-state index contributed by atoms with van der Waals surface area (Å²) in [6.07, 6.45) is 0. The molecule has 0 spiro atoms. The summed E-state index contributed by atoms with van der Waals surface area (Å²) < 4.78 is 10.8. The van der Waals surface area contributed by atoms with Crippen LogP contribution < -0.4 is 14.8 Å². The predicted molar refractivity (Wildman–Crippen MR) is 98.0 cm³/mol. The van der Waals surface area contributed by atoms with Crippen LogP contribution in [0.15, 0.2) is 53.4 Å². The fraction of sp³-hybridized carbons (Fsp3) is 0.316. The quantitative estimate of drug-likeness (QED) is 0.586. The lowest BCUT2D eigenvalue weighted by Crippen LogP contribution is -2.33. The van der Waals surface area contributed by atoms with Crippen molar-refractivity contribution in [1.29, 1.82) is 0 Å². The van der Waals surface area contributed by atoms with E-state index in [4.69, 9.17) is 9.47 Å². The number of hydrogen-bond donors (Lipinski definition) is 1. The Morgan fingerprint density at radius 2 is 1.92 bits per heavy atom. The number of hydrogen-bond acceptors (Lipinski definition) is 4. The molecule has 0 saturated carbocycles. The summed E-state index contributed by atoms with van der Waals surface area (Å²) in [5, 5.41) is 2.73. The standard InChI is InChI=1S/C19H23NO3S/c1-14-5-4-6-17(13-14)23-12-11-20-19(21)15(2)24-18-9-7-16(22-3)8-10-18/h4-10,13,15H,11-12H2,1-3H3,(H,20,21)/t15-/m1/s1. The van der Waals surface area contributed by atoms with Crippen LogP contribution in [0.3, 0.4) is 0 Å². The number of carbonyl (C=O) groups excluding carboxylic acids is 1. The number of thioether (sulfide) groups is 1. The Bertz CT molecular complexity index is 658. The lowest BCUT2D eigenvalue weighted by molar-refractivity contribution is -0.120. The van der Waals surface area contributed by atoms with Crippen LogP contribution in [0, 0.1) is 6.92 Å². The highest BCUT2D eigenvalue weighted by molar-refractivity contribution is 8.00. The van der Waals surface area contributed by atoms with Crippen LogP contribution in [-0.4, -0.2) is 31.4 Å². The molecule has 5 heteroatoms. The number of rotatable bonds is 8. The maximum absolute atomic E-state index is 12.1. The highest BCUT2D eigenvalue weighted by atomic mass is 32.2. The number of ether oxygens (including phenoxy) is 2. The number of nitrogens with one attached hydrogen (secondary N) is 1. The average molecular weight is 345 g/mol. The minimum absolute atomic E-state index is 0.00339. The van der Waals surface area contributed by atoms with Gasteiger partial charge < -0.3 is 14.8 Å². The molecule has 0 unspecified atom stereocenters. The zero-order valence-electron chi connectivity index (χ0n) is 14.2. The van der Waals surface area contributed by atoms with Crippen molar-refractivity contribution >= 4 is 17.7 Å². The lowest BCUT2D eigenvalue weighted by atomic mass is 10.2. The molecule has 0 aliphatic heterocycles. The minimum Gasteiger partial charge on any atom is -0.497 e. The number of methoxy groups -OCH3 is 1. The van der Waals surface area contributed by atoms with Gasteiger partial charge in [0.1, 0.15) is 18.1 Å². The van der Waals surface area contributed by atoms with Gasteiger partial charge in [-0.05, 0) is 55.8 Å². The van der Waals surface area contributed by atoms with Crippen LogP contribution in [0.1, 0.15) is 12.5 Å². The molecule has 2 aromatic rings. The van der Waals surface area contributed by atoms with Crippen molar-refractivity contribution in [3.05, 3.63) is 54.1 Å². The number of carbonyl (C=O) groups is 1. The second kappa shape index (κ2) is 9.23. The van der Waals surface area contributed by atoms with E-state index in [0.29, 0.717) is 13.2 Å². The Morgan fingerprint density at radius 1 is 1.17 bits per heavy atom. The zero-order valence-corrected chi connectivity index (χ0v) is 15.1. The van der Waals surface area contributed by atoms with E-state index in [2.05, 4.69) is 5.32 Å². The molecule has 1 amide bonds. The van der Waals surface area contributed by atoms with E-state index < -0.39 is 0 Å². The smallest absolute Gasteiger partial charge is 0.233 e. The normalized spacial score (nSPS) is 11.6. The molecular weight excluding hydrogens is 322 g/mol. The molecule has 0 heterocycles. The van der Waals surface area contributed by atoms with Gasteiger partial charge in [-0.3, -0.25) is 4.79 Å². The first-order valence-electron chi connectivity index (χ1n) is 7.86.